The highest BCUT2D eigenvalue weighted by atomic mass is 15.2. The lowest BCUT2D eigenvalue weighted by molar-refractivity contribution is 0.141. The van der Waals surface area contributed by atoms with Gasteiger partial charge in [-0.2, -0.15) is 5.10 Å². The number of nitrogens with zero attached hydrogens (tertiary/aromatic N) is 4. The van der Waals surface area contributed by atoms with Crippen LogP contribution in [0.4, 0.5) is 5.69 Å². The van der Waals surface area contributed by atoms with Crippen molar-refractivity contribution >= 4 is 27.6 Å². The van der Waals surface area contributed by atoms with Crippen molar-refractivity contribution in [2.45, 2.75) is 45.1 Å². The van der Waals surface area contributed by atoms with E-state index in [1.54, 1.807) is 0 Å². The predicted molar refractivity (Wildman–Crippen MR) is 127 cm³/mol. The average molecular weight is 415 g/mol. The Kier molecular flexibility index (Phi) is 4.68. The third-order valence-electron chi connectivity index (χ3n) is 7.14. The first-order chi connectivity index (χ1) is 15.2. The molecule has 0 amide bonds. The van der Waals surface area contributed by atoms with Crippen LogP contribution in [0.25, 0.3) is 33.5 Å². The second-order valence-corrected chi connectivity index (χ2v) is 9.22. The number of aromatic nitrogens is 4. The summed E-state index contributed by atoms with van der Waals surface area (Å²) in [6.07, 6.45) is 6.71. The molecule has 0 radical (unpaired) electrons. The molecule has 2 aromatic heterocycles. The third-order valence-corrected chi connectivity index (χ3v) is 7.14. The van der Waals surface area contributed by atoms with Crippen LogP contribution < -0.4 is 4.90 Å². The summed E-state index contributed by atoms with van der Waals surface area (Å²) < 4.78 is 0. The van der Waals surface area contributed by atoms with E-state index in [4.69, 9.17) is 4.98 Å². The molecule has 2 aromatic carbocycles. The zero-order valence-corrected chi connectivity index (χ0v) is 18.2. The highest BCUT2D eigenvalue weighted by Crippen LogP contribution is 2.30. The third kappa shape index (κ3) is 3.49. The Bertz CT molecular complexity index is 1210. The number of rotatable bonds is 3. The fraction of sp³-hybridized carbons (Fsp3) is 0.440. The van der Waals surface area contributed by atoms with Gasteiger partial charge >= 0.3 is 0 Å². The van der Waals surface area contributed by atoms with E-state index in [1.165, 1.54) is 56.4 Å². The fourth-order valence-corrected chi connectivity index (χ4v) is 5.39. The SMILES string of the molecule is Cc1ccc2[nH]nc(-c3nc4ccc(N5CCC(N6CCCCC6)CC5)cc4[nH]3)c2c1. The topological polar surface area (TPSA) is 63.8 Å². The monoisotopic (exact) mass is 414 g/mol. The number of imidazole rings is 1. The Balaban J connectivity index is 1.23. The van der Waals surface area contributed by atoms with Crippen molar-refractivity contribution in [2.24, 2.45) is 0 Å². The number of aryl methyl sites for hydroxylation is 1. The zero-order valence-electron chi connectivity index (χ0n) is 18.2. The van der Waals surface area contributed by atoms with Gasteiger partial charge in [-0.15, -0.1) is 0 Å². The number of hydrogen-bond acceptors (Lipinski definition) is 4. The number of nitrogens with one attached hydrogen (secondary N) is 2. The molecular weight excluding hydrogens is 384 g/mol. The van der Waals surface area contributed by atoms with E-state index in [1.807, 2.05) is 0 Å². The van der Waals surface area contributed by atoms with Crippen molar-refractivity contribution in [3.05, 3.63) is 42.0 Å². The molecular formula is C25H30N6. The van der Waals surface area contributed by atoms with Crippen molar-refractivity contribution in [2.75, 3.05) is 31.1 Å². The van der Waals surface area contributed by atoms with Crippen LogP contribution in [0.5, 0.6) is 0 Å². The van der Waals surface area contributed by atoms with E-state index in [0.717, 1.165) is 52.6 Å². The molecule has 6 nitrogen and oxygen atoms in total. The summed E-state index contributed by atoms with van der Waals surface area (Å²) in [5.74, 6) is 0.827. The first kappa shape index (κ1) is 18.9. The van der Waals surface area contributed by atoms with Crippen molar-refractivity contribution < 1.29 is 0 Å². The standard InChI is InChI=1S/C25H30N6/c1-17-5-7-21-20(15-17)24(29-28-21)25-26-22-8-6-19(16-23(22)27-25)31-13-9-18(10-14-31)30-11-3-2-4-12-30/h5-8,15-16,18H,2-4,9-14H2,1H3,(H,26,27)(H,28,29). The van der Waals surface area contributed by atoms with Crippen LogP contribution in [0.15, 0.2) is 36.4 Å². The van der Waals surface area contributed by atoms with Crippen molar-refractivity contribution in [3.8, 4) is 11.5 Å². The molecule has 0 atom stereocenters. The summed E-state index contributed by atoms with van der Waals surface area (Å²) in [4.78, 5) is 13.6. The largest absolute Gasteiger partial charge is 0.371 e. The number of fused-ring (bicyclic) bond motifs is 2. The van der Waals surface area contributed by atoms with E-state index in [2.05, 4.69) is 68.3 Å². The number of anilines is 1. The lowest BCUT2D eigenvalue weighted by Crippen LogP contribution is -2.46. The van der Waals surface area contributed by atoms with E-state index in [0.29, 0.717) is 0 Å². The summed E-state index contributed by atoms with van der Waals surface area (Å²) in [5, 5.41) is 8.77. The van der Waals surface area contributed by atoms with Gasteiger partial charge in [0.2, 0.25) is 0 Å². The quantitative estimate of drug-likeness (QED) is 0.502. The zero-order chi connectivity index (χ0) is 20.8. The maximum atomic E-state index is 4.83. The number of piperidine rings is 2. The summed E-state index contributed by atoms with van der Waals surface area (Å²) in [7, 11) is 0. The molecule has 0 spiro atoms. The molecule has 4 heterocycles. The Morgan fingerprint density at radius 3 is 2.58 bits per heavy atom. The van der Waals surface area contributed by atoms with Crippen LogP contribution >= 0.6 is 0 Å². The minimum Gasteiger partial charge on any atom is -0.371 e. The van der Waals surface area contributed by atoms with Crippen LogP contribution in [-0.2, 0) is 0 Å². The first-order valence-electron chi connectivity index (χ1n) is 11.7. The first-order valence-corrected chi connectivity index (χ1v) is 11.7. The molecule has 6 heteroatoms. The van der Waals surface area contributed by atoms with Crippen molar-refractivity contribution in [3.63, 3.8) is 0 Å². The summed E-state index contributed by atoms with van der Waals surface area (Å²) in [6.45, 7) is 6.98. The maximum Gasteiger partial charge on any atom is 0.159 e. The number of aromatic amines is 2. The molecule has 2 aliphatic rings. The Labute approximate surface area is 182 Å². The molecule has 160 valence electrons. The van der Waals surface area contributed by atoms with Gasteiger partial charge in [0, 0.05) is 30.2 Å². The van der Waals surface area contributed by atoms with Gasteiger partial charge in [-0.05, 0) is 76.0 Å². The van der Waals surface area contributed by atoms with E-state index < -0.39 is 0 Å². The van der Waals surface area contributed by atoms with Crippen LogP contribution in [0.3, 0.4) is 0 Å². The Morgan fingerprint density at radius 2 is 1.74 bits per heavy atom. The molecule has 2 aliphatic heterocycles. The van der Waals surface area contributed by atoms with Gasteiger partial charge in [-0.3, -0.25) is 5.10 Å². The number of H-pyrrole nitrogens is 2. The van der Waals surface area contributed by atoms with Gasteiger partial charge in [-0.1, -0.05) is 18.1 Å². The molecule has 2 saturated heterocycles. The molecule has 2 N–H and O–H groups in total. The minimum atomic E-state index is 0.774. The summed E-state index contributed by atoms with van der Waals surface area (Å²) in [6, 6.07) is 13.7. The molecule has 6 rings (SSSR count). The second kappa shape index (κ2) is 7.68. The maximum absolute atomic E-state index is 4.83. The normalized spacial score (nSPS) is 18.9. The van der Waals surface area contributed by atoms with E-state index in [-0.39, 0.29) is 0 Å². The summed E-state index contributed by atoms with van der Waals surface area (Å²) in [5.41, 5.74) is 6.52. The van der Waals surface area contributed by atoms with Crippen molar-refractivity contribution in [1.29, 1.82) is 0 Å². The molecule has 0 saturated carbocycles. The number of likely N-dealkylation sites (tertiary alicyclic amines) is 1. The molecule has 31 heavy (non-hydrogen) atoms. The van der Waals surface area contributed by atoms with Crippen molar-refractivity contribution in [1.82, 2.24) is 25.1 Å². The molecule has 4 aromatic rings. The van der Waals surface area contributed by atoms with Gasteiger partial charge in [0.25, 0.3) is 0 Å². The van der Waals surface area contributed by atoms with Gasteiger partial charge in [0.1, 0.15) is 5.69 Å². The lowest BCUT2D eigenvalue weighted by Gasteiger charge is -2.41. The van der Waals surface area contributed by atoms with E-state index in [9.17, 15) is 0 Å². The number of benzene rings is 2. The van der Waals surface area contributed by atoms with Gasteiger partial charge in [0.15, 0.2) is 5.82 Å². The fourth-order valence-electron chi connectivity index (χ4n) is 5.39. The highest BCUT2D eigenvalue weighted by molar-refractivity contribution is 5.93. The van der Waals surface area contributed by atoms with Gasteiger partial charge in [0.05, 0.1) is 16.6 Å². The van der Waals surface area contributed by atoms with Crippen LogP contribution in [0.1, 0.15) is 37.7 Å². The summed E-state index contributed by atoms with van der Waals surface area (Å²) >= 11 is 0. The smallest absolute Gasteiger partial charge is 0.159 e. The van der Waals surface area contributed by atoms with Crippen LogP contribution in [0.2, 0.25) is 0 Å². The lowest BCUT2D eigenvalue weighted by atomic mass is 9.99. The second-order valence-electron chi connectivity index (χ2n) is 9.22. The van der Waals surface area contributed by atoms with Gasteiger partial charge in [-0.25, -0.2) is 4.98 Å². The Morgan fingerprint density at radius 1 is 0.903 bits per heavy atom. The molecule has 0 bridgehead atoms. The van der Waals surface area contributed by atoms with E-state index >= 15 is 0 Å². The highest BCUT2D eigenvalue weighted by Gasteiger charge is 2.26. The molecule has 2 fully saturated rings. The average Bonchev–Trinajstić information content (AvgIpc) is 3.42. The number of hydrogen-bond donors (Lipinski definition) is 2. The van der Waals surface area contributed by atoms with Crippen LogP contribution in [0, 0.1) is 6.92 Å². The van der Waals surface area contributed by atoms with Gasteiger partial charge < -0.3 is 14.8 Å². The molecule has 0 unspecified atom stereocenters. The molecule has 0 aliphatic carbocycles. The Hall–Kier alpha value is -2.86. The van der Waals surface area contributed by atoms with Crippen LogP contribution in [-0.4, -0.2) is 57.3 Å². The predicted octanol–water partition coefficient (Wildman–Crippen LogP) is 4.87. The minimum absolute atomic E-state index is 0.774.